The number of anilines is 1. The van der Waals surface area contributed by atoms with E-state index in [9.17, 15) is 13.2 Å². The highest BCUT2D eigenvalue weighted by Crippen LogP contribution is 2.21. The number of hydrogen-bond donors (Lipinski definition) is 1. The van der Waals surface area contributed by atoms with Crippen molar-refractivity contribution in [3.8, 4) is 11.5 Å². The van der Waals surface area contributed by atoms with Gasteiger partial charge in [-0.05, 0) is 61.6 Å². The third kappa shape index (κ3) is 6.60. The zero-order valence-electron chi connectivity index (χ0n) is 19.6. The fraction of sp³-hybridized carbons (Fsp3) is 0.269. The van der Waals surface area contributed by atoms with Crippen LogP contribution in [0.15, 0.2) is 83.8 Å². The molecule has 0 atom stereocenters. The molecule has 1 aliphatic heterocycles. The van der Waals surface area contributed by atoms with Crippen molar-refractivity contribution in [1.82, 2.24) is 9.21 Å². The predicted octanol–water partition coefficient (Wildman–Crippen LogP) is 3.33. The average Bonchev–Trinajstić information content (AvgIpc) is 2.88. The van der Waals surface area contributed by atoms with Crippen molar-refractivity contribution in [3.05, 3.63) is 84.4 Å². The number of benzene rings is 3. The van der Waals surface area contributed by atoms with Crippen LogP contribution in [0.4, 0.5) is 5.69 Å². The standard InChI is InChI=1S/C26H29N3O5S/c1-28-14-16-29(17-15-28)35(31,32)25-12-10-22(11-13-25)27-26(30)21-6-5-9-24(20-21)34-19-18-33-23-7-3-2-4-8-23/h2-13,20H,14-19H2,1H3,(H,27,30). The number of nitrogens with one attached hydrogen (secondary N) is 1. The normalized spacial score (nSPS) is 14.9. The van der Waals surface area contributed by atoms with Gasteiger partial charge in [-0.2, -0.15) is 4.31 Å². The lowest BCUT2D eigenvalue weighted by atomic mass is 10.2. The Morgan fingerprint density at radius 3 is 2.14 bits per heavy atom. The van der Waals surface area contributed by atoms with Crippen molar-refractivity contribution in [1.29, 1.82) is 0 Å². The molecule has 1 heterocycles. The highest BCUT2D eigenvalue weighted by Gasteiger charge is 2.27. The molecule has 0 spiro atoms. The Bertz CT molecular complexity index is 1230. The molecule has 0 radical (unpaired) electrons. The molecule has 35 heavy (non-hydrogen) atoms. The molecule has 4 rings (SSSR count). The fourth-order valence-electron chi connectivity index (χ4n) is 3.65. The molecule has 0 saturated carbocycles. The molecule has 0 unspecified atom stereocenters. The van der Waals surface area contributed by atoms with Gasteiger partial charge in [-0.3, -0.25) is 4.79 Å². The second kappa shape index (κ2) is 11.4. The van der Waals surface area contributed by atoms with Gasteiger partial charge in [0.05, 0.1) is 4.90 Å². The first kappa shape index (κ1) is 24.7. The first-order valence-corrected chi connectivity index (χ1v) is 12.9. The number of nitrogens with zero attached hydrogens (tertiary/aromatic N) is 2. The van der Waals surface area contributed by atoms with Crippen LogP contribution in [0.25, 0.3) is 0 Å². The Balaban J connectivity index is 1.31. The zero-order chi connectivity index (χ0) is 24.7. The molecule has 9 heteroatoms. The number of carbonyl (C=O) groups is 1. The molecular formula is C26H29N3O5S. The maximum Gasteiger partial charge on any atom is 0.255 e. The summed E-state index contributed by atoms with van der Waals surface area (Å²) in [5, 5.41) is 2.80. The molecule has 3 aromatic rings. The van der Waals surface area contributed by atoms with Gasteiger partial charge in [0.25, 0.3) is 5.91 Å². The van der Waals surface area contributed by atoms with Crippen molar-refractivity contribution < 1.29 is 22.7 Å². The molecule has 1 aliphatic rings. The van der Waals surface area contributed by atoms with E-state index in [1.54, 1.807) is 36.4 Å². The minimum atomic E-state index is -3.55. The number of sulfonamides is 1. The van der Waals surface area contributed by atoms with Gasteiger partial charge < -0.3 is 19.7 Å². The highest BCUT2D eigenvalue weighted by molar-refractivity contribution is 7.89. The van der Waals surface area contributed by atoms with Gasteiger partial charge in [0.1, 0.15) is 24.7 Å². The van der Waals surface area contributed by atoms with Crippen LogP contribution >= 0.6 is 0 Å². The zero-order valence-corrected chi connectivity index (χ0v) is 20.4. The maximum atomic E-state index is 12.9. The number of ether oxygens (including phenoxy) is 2. The number of likely N-dealkylation sites (N-methyl/N-ethyl adjacent to an activating group) is 1. The minimum Gasteiger partial charge on any atom is -0.490 e. The topological polar surface area (TPSA) is 88.2 Å². The van der Waals surface area contributed by atoms with Gasteiger partial charge in [-0.15, -0.1) is 0 Å². The minimum absolute atomic E-state index is 0.216. The summed E-state index contributed by atoms with van der Waals surface area (Å²) in [4.78, 5) is 15.0. The number of hydrogen-bond acceptors (Lipinski definition) is 6. The van der Waals surface area contributed by atoms with Crippen molar-refractivity contribution in [2.75, 3.05) is 51.8 Å². The summed E-state index contributed by atoms with van der Waals surface area (Å²) >= 11 is 0. The highest BCUT2D eigenvalue weighted by atomic mass is 32.2. The Morgan fingerprint density at radius 1 is 0.829 bits per heavy atom. The van der Waals surface area contributed by atoms with Gasteiger partial charge in [0, 0.05) is 37.4 Å². The molecule has 184 valence electrons. The summed E-state index contributed by atoms with van der Waals surface area (Å²) < 4.78 is 38.6. The van der Waals surface area contributed by atoms with Crippen LogP contribution < -0.4 is 14.8 Å². The first-order valence-electron chi connectivity index (χ1n) is 11.4. The average molecular weight is 496 g/mol. The molecule has 3 aromatic carbocycles. The Morgan fingerprint density at radius 2 is 1.46 bits per heavy atom. The third-order valence-electron chi connectivity index (χ3n) is 5.67. The van der Waals surface area contributed by atoms with E-state index in [0.717, 1.165) is 5.75 Å². The van der Waals surface area contributed by atoms with E-state index in [0.29, 0.717) is 56.4 Å². The van der Waals surface area contributed by atoms with Crippen LogP contribution in [0.3, 0.4) is 0 Å². The Hall–Kier alpha value is -3.40. The maximum absolute atomic E-state index is 12.9. The van der Waals surface area contributed by atoms with Crippen LogP contribution in [-0.4, -0.2) is 70.0 Å². The lowest BCUT2D eigenvalue weighted by Gasteiger charge is -2.31. The fourth-order valence-corrected chi connectivity index (χ4v) is 5.08. The van der Waals surface area contributed by atoms with Crippen LogP contribution in [0.5, 0.6) is 11.5 Å². The van der Waals surface area contributed by atoms with Gasteiger partial charge in [0.15, 0.2) is 0 Å². The van der Waals surface area contributed by atoms with E-state index in [2.05, 4.69) is 10.2 Å². The third-order valence-corrected chi connectivity index (χ3v) is 7.59. The molecule has 8 nitrogen and oxygen atoms in total. The summed E-state index contributed by atoms with van der Waals surface area (Å²) in [6, 6.07) is 22.6. The summed E-state index contributed by atoms with van der Waals surface area (Å²) in [7, 11) is -1.57. The Labute approximate surface area is 206 Å². The predicted molar refractivity (Wildman–Crippen MR) is 135 cm³/mol. The molecule has 1 N–H and O–H groups in total. The van der Waals surface area contributed by atoms with Crippen LogP contribution in [0.1, 0.15) is 10.4 Å². The van der Waals surface area contributed by atoms with Gasteiger partial charge in [-0.1, -0.05) is 24.3 Å². The molecular weight excluding hydrogens is 466 g/mol. The van der Waals surface area contributed by atoms with Crippen molar-refractivity contribution in [2.45, 2.75) is 4.90 Å². The summed E-state index contributed by atoms with van der Waals surface area (Å²) in [5.74, 6) is 1.01. The van der Waals surface area contributed by atoms with Gasteiger partial charge in [-0.25, -0.2) is 8.42 Å². The van der Waals surface area contributed by atoms with Gasteiger partial charge in [0.2, 0.25) is 10.0 Å². The lowest BCUT2D eigenvalue weighted by molar-refractivity contribution is 0.102. The first-order chi connectivity index (χ1) is 16.9. The smallest absolute Gasteiger partial charge is 0.255 e. The Kier molecular flexibility index (Phi) is 8.02. The second-order valence-corrected chi connectivity index (χ2v) is 10.2. The SMILES string of the molecule is CN1CCN(S(=O)(=O)c2ccc(NC(=O)c3cccc(OCCOc4ccccc4)c3)cc2)CC1. The van der Waals surface area contributed by atoms with Crippen LogP contribution in [-0.2, 0) is 10.0 Å². The quantitative estimate of drug-likeness (QED) is 0.458. The van der Waals surface area contributed by atoms with Crippen molar-refractivity contribution >= 4 is 21.6 Å². The van der Waals surface area contributed by atoms with Gasteiger partial charge >= 0.3 is 0 Å². The van der Waals surface area contributed by atoms with E-state index < -0.39 is 10.0 Å². The molecule has 0 aromatic heterocycles. The molecule has 0 aliphatic carbocycles. The van der Waals surface area contributed by atoms with Crippen molar-refractivity contribution in [3.63, 3.8) is 0 Å². The molecule has 0 bridgehead atoms. The van der Waals surface area contributed by atoms with E-state index in [1.807, 2.05) is 37.4 Å². The number of amides is 1. The summed E-state index contributed by atoms with van der Waals surface area (Å²) in [6.45, 7) is 3.06. The number of para-hydroxylation sites is 1. The summed E-state index contributed by atoms with van der Waals surface area (Å²) in [5.41, 5.74) is 0.940. The molecule has 1 amide bonds. The second-order valence-electron chi connectivity index (χ2n) is 8.22. The largest absolute Gasteiger partial charge is 0.490 e. The van der Waals surface area contributed by atoms with Crippen LogP contribution in [0, 0.1) is 0 Å². The van der Waals surface area contributed by atoms with Crippen molar-refractivity contribution in [2.24, 2.45) is 0 Å². The summed E-state index contributed by atoms with van der Waals surface area (Å²) in [6.07, 6.45) is 0. The van der Waals surface area contributed by atoms with Crippen LogP contribution in [0.2, 0.25) is 0 Å². The number of carbonyl (C=O) groups excluding carboxylic acids is 1. The lowest BCUT2D eigenvalue weighted by Crippen LogP contribution is -2.46. The van der Waals surface area contributed by atoms with E-state index >= 15 is 0 Å². The molecule has 1 saturated heterocycles. The van der Waals surface area contributed by atoms with E-state index in [-0.39, 0.29) is 10.8 Å². The molecule has 1 fully saturated rings. The monoisotopic (exact) mass is 495 g/mol. The van der Waals surface area contributed by atoms with E-state index in [4.69, 9.17) is 9.47 Å². The van der Waals surface area contributed by atoms with E-state index in [1.165, 1.54) is 16.4 Å². The number of rotatable bonds is 9. The number of piperazine rings is 1.